The molecule has 7 rings (SSSR count). The van der Waals surface area contributed by atoms with Crippen LogP contribution in [0.4, 0.5) is 22.6 Å². The van der Waals surface area contributed by atoms with Gasteiger partial charge in [-0.15, -0.1) is 11.3 Å². The van der Waals surface area contributed by atoms with E-state index in [-0.39, 0.29) is 92.3 Å². The van der Waals surface area contributed by atoms with Crippen LogP contribution in [0.2, 0.25) is 5.02 Å². The minimum Gasteiger partial charge on any atom is -0.469 e. The number of nitrogens with two attached hydrogens (primary N) is 1. The number of alkyl halides is 2. The zero-order valence-corrected chi connectivity index (χ0v) is 26.3. The number of halogens is 5. The summed E-state index contributed by atoms with van der Waals surface area (Å²) in [5, 5.41) is 9.78. The molecule has 0 spiro atoms. The number of nitrogen functional groups attached to an aromatic ring is 1. The molecule has 0 saturated carbocycles. The van der Waals surface area contributed by atoms with Crippen molar-refractivity contribution >= 4 is 54.8 Å². The third-order valence-electron chi connectivity index (χ3n) is 9.21. The number of rotatable bonds is 7. The number of nitrogens with zero attached hydrogens (tertiary/aromatic N) is 5. The van der Waals surface area contributed by atoms with Gasteiger partial charge in [-0.2, -0.15) is 15.2 Å². The second-order valence-corrected chi connectivity index (χ2v) is 13.5. The summed E-state index contributed by atoms with van der Waals surface area (Å²) in [5.74, 6) is -2.32. The maximum absolute atomic E-state index is 16.8. The van der Waals surface area contributed by atoms with Gasteiger partial charge in [-0.25, -0.2) is 17.6 Å². The fourth-order valence-electron chi connectivity index (χ4n) is 7.00. The Labute approximate surface area is 275 Å². The monoisotopic (exact) mass is 686 g/mol. The van der Waals surface area contributed by atoms with E-state index in [4.69, 9.17) is 26.8 Å². The van der Waals surface area contributed by atoms with Crippen molar-refractivity contribution in [1.82, 2.24) is 19.8 Å². The number of carbonyl (C=O) groups is 1. The molecule has 15 heteroatoms. The number of hydrogen-bond donors (Lipinski definition) is 1. The first-order valence-corrected chi connectivity index (χ1v) is 16.1. The molecule has 3 aliphatic rings. The third-order valence-corrected chi connectivity index (χ3v) is 10.5. The first-order valence-electron chi connectivity index (χ1n) is 14.9. The lowest BCUT2D eigenvalue weighted by Gasteiger charge is -2.30. The number of carbonyl (C=O) groups excluding carboxylic acids is 1. The predicted octanol–water partition coefficient (Wildman–Crippen LogP) is 5.97. The Kier molecular flexibility index (Phi) is 7.89. The molecular weight excluding hydrogens is 660 g/mol. The van der Waals surface area contributed by atoms with Gasteiger partial charge < -0.3 is 20.1 Å². The van der Waals surface area contributed by atoms with Gasteiger partial charge in [0.1, 0.15) is 35.2 Å². The van der Waals surface area contributed by atoms with Crippen molar-refractivity contribution in [3.05, 3.63) is 53.1 Å². The van der Waals surface area contributed by atoms with Crippen LogP contribution < -0.4 is 15.2 Å². The highest BCUT2D eigenvalue weighted by Gasteiger charge is 2.49. The van der Waals surface area contributed by atoms with E-state index >= 15 is 8.78 Å². The molecule has 5 heterocycles. The summed E-state index contributed by atoms with van der Waals surface area (Å²) in [6, 6.07) is 5.43. The minimum absolute atomic E-state index is 0.0154. The Morgan fingerprint density at radius 1 is 1.28 bits per heavy atom. The fourth-order valence-corrected chi connectivity index (χ4v) is 8.25. The molecule has 0 aliphatic carbocycles. The van der Waals surface area contributed by atoms with Crippen LogP contribution in [0, 0.1) is 23.0 Å². The molecule has 3 fully saturated rings. The van der Waals surface area contributed by atoms with Crippen molar-refractivity contribution in [1.29, 1.82) is 5.26 Å². The maximum atomic E-state index is 16.8. The zero-order valence-electron chi connectivity index (χ0n) is 24.7. The summed E-state index contributed by atoms with van der Waals surface area (Å²) in [5.41, 5.74) is 5.03. The molecular formula is C32H27ClF4N6O3S. The molecule has 4 unspecified atom stereocenters. The molecule has 2 aromatic carbocycles. The number of hydrogen-bond acceptors (Lipinski definition) is 9. The Bertz CT molecular complexity index is 2010. The van der Waals surface area contributed by atoms with E-state index in [1.54, 1.807) is 0 Å². The highest BCUT2D eigenvalue weighted by atomic mass is 35.5. The molecule has 4 atom stereocenters. The van der Waals surface area contributed by atoms with Gasteiger partial charge in [0.25, 0.3) is 0 Å². The van der Waals surface area contributed by atoms with Crippen LogP contribution in [-0.4, -0.2) is 82.4 Å². The van der Waals surface area contributed by atoms with Gasteiger partial charge in [-0.05, 0) is 43.2 Å². The smallest absolute Gasteiger partial charge is 0.320 e. The highest BCUT2D eigenvalue weighted by Crippen LogP contribution is 2.46. The van der Waals surface area contributed by atoms with Crippen molar-refractivity contribution in [2.75, 3.05) is 38.5 Å². The number of likely N-dealkylation sites (tertiary alicyclic amines) is 1. The normalized spacial score (nSPS) is 24.2. The maximum Gasteiger partial charge on any atom is 0.320 e. The Balaban J connectivity index is 1.36. The summed E-state index contributed by atoms with van der Waals surface area (Å²) in [6.07, 6.45) is -0.881. The van der Waals surface area contributed by atoms with Crippen LogP contribution in [0.3, 0.4) is 0 Å². The van der Waals surface area contributed by atoms with Crippen molar-refractivity contribution in [3.63, 3.8) is 0 Å². The lowest BCUT2D eigenvalue weighted by Crippen LogP contribution is -2.43. The van der Waals surface area contributed by atoms with Gasteiger partial charge in [0.15, 0.2) is 18.1 Å². The Hall–Kier alpha value is -4.19. The lowest BCUT2D eigenvalue weighted by atomic mass is 9.95. The first-order chi connectivity index (χ1) is 22.5. The van der Waals surface area contributed by atoms with Gasteiger partial charge in [0.2, 0.25) is 11.8 Å². The van der Waals surface area contributed by atoms with E-state index in [0.717, 1.165) is 36.4 Å². The molecule has 2 aromatic heterocycles. The fraction of sp³-hybridized carbons (Fsp3) is 0.375. The van der Waals surface area contributed by atoms with E-state index in [2.05, 4.69) is 16.5 Å². The number of amides is 1. The van der Waals surface area contributed by atoms with Gasteiger partial charge in [0.05, 0.1) is 39.3 Å². The molecule has 1 amide bonds. The summed E-state index contributed by atoms with van der Waals surface area (Å²) >= 11 is 7.54. The molecule has 2 N–H and O–H groups in total. The predicted molar refractivity (Wildman–Crippen MR) is 169 cm³/mol. The summed E-state index contributed by atoms with van der Waals surface area (Å²) in [4.78, 5) is 24.2. The molecule has 47 heavy (non-hydrogen) atoms. The number of anilines is 1. The number of aromatic nitrogens is 2. The van der Waals surface area contributed by atoms with Crippen molar-refractivity contribution in [2.24, 2.45) is 0 Å². The lowest BCUT2D eigenvalue weighted by molar-refractivity contribution is -0.125. The van der Waals surface area contributed by atoms with E-state index in [1.807, 2.05) is 11.0 Å². The topological polar surface area (TPSA) is 118 Å². The number of ether oxygens (including phenoxy) is 2. The highest BCUT2D eigenvalue weighted by molar-refractivity contribution is 7.23. The van der Waals surface area contributed by atoms with Gasteiger partial charge in [-0.3, -0.25) is 9.69 Å². The first kappa shape index (κ1) is 31.4. The van der Waals surface area contributed by atoms with Crippen LogP contribution in [0.15, 0.2) is 30.9 Å². The number of thiophene rings is 1. The SMILES string of the molecule is C=CC(=O)N1CC(F)C(Oc2nc(OCC34CCCN3CC(F)C4)nc3c(F)c(-c4ccc(F)c5sc(N)c(C#N)c45)c(Cl)cc23)C1. The third kappa shape index (κ3) is 5.21. The van der Waals surface area contributed by atoms with Gasteiger partial charge >= 0.3 is 6.01 Å². The molecule has 9 nitrogen and oxygen atoms in total. The average molecular weight is 687 g/mol. The molecule has 4 aromatic rings. The standard InChI is InChI=1S/C32H27ClF4N6O3S/c1-2-23(44)42-12-21(36)22(13-42)46-30-17-8-19(33)25(16-4-5-20(35)28-24(16)18(10-38)29(39)47-28)26(37)27(17)40-31(41-30)45-14-32-6-3-7-43(32)11-15(34)9-32/h2,4-5,8,15,21-22H,1,3,6-7,9,11-14,39H2. The number of benzene rings is 2. The Morgan fingerprint density at radius 3 is 2.85 bits per heavy atom. The minimum atomic E-state index is -1.60. The van der Waals surface area contributed by atoms with E-state index in [9.17, 15) is 18.8 Å². The molecule has 3 aliphatic heterocycles. The molecule has 0 bridgehead atoms. The van der Waals surface area contributed by atoms with E-state index in [1.165, 1.54) is 17.0 Å². The van der Waals surface area contributed by atoms with Gasteiger partial charge in [0, 0.05) is 23.9 Å². The summed E-state index contributed by atoms with van der Waals surface area (Å²) in [6.45, 7) is 4.11. The van der Waals surface area contributed by atoms with E-state index in [0.29, 0.717) is 6.42 Å². The largest absolute Gasteiger partial charge is 0.469 e. The van der Waals surface area contributed by atoms with Crippen LogP contribution in [0.1, 0.15) is 24.8 Å². The van der Waals surface area contributed by atoms with E-state index < -0.39 is 41.5 Å². The van der Waals surface area contributed by atoms with Crippen molar-refractivity contribution < 1.29 is 31.8 Å². The molecule has 3 saturated heterocycles. The van der Waals surface area contributed by atoms with Crippen LogP contribution in [0.5, 0.6) is 11.9 Å². The van der Waals surface area contributed by atoms with Crippen LogP contribution >= 0.6 is 22.9 Å². The molecule has 0 radical (unpaired) electrons. The zero-order chi connectivity index (χ0) is 33.2. The summed E-state index contributed by atoms with van der Waals surface area (Å²) in [7, 11) is 0. The average Bonchev–Trinajstić information content (AvgIpc) is 3.78. The Morgan fingerprint density at radius 2 is 2.09 bits per heavy atom. The number of fused-ring (bicyclic) bond motifs is 3. The van der Waals surface area contributed by atoms with Crippen LogP contribution in [-0.2, 0) is 4.79 Å². The second kappa shape index (κ2) is 11.8. The van der Waals surface area contributed by atoms with Gasteiger partial charge in [-0.1, -0.05) is 24.2 Å². The second-order valence-electron chi connectivity index (χ2n) is 12.0. The quantitative estimate of drug-likeness (QED) is 0.187. The van der Waals surface area contributed by atoms with Crippen molar-refractivity contribution in [2.45, 2.75) is 43.2 Å². The van der Waals surface area contributed by atoms with Crippen LogP contribution in [0.25, 0.3) is 32.1 Å². The number of nitriles is 1. The summed E-state index contributed by atoms with van der Waals surface area (Å²) < 4.78 is 73.2. The van der Waals surface area contributed by atoms with Crippen molar-refractivity contribution in [3.8, 4) is 29.1 Å². The molecule has 244 valence electrons.